The van der Waals surface area contributed by atoms with Crippen molar-refractivity contribution in [2.75, 3.05) is 26.2 Å². The summed E-state index contributed by atoms with van der Waals surface area (Å²) >= 11 is 0. The fraction of sp³-hybridized carbons (Fsp3) is 0.348. The summed E-state index contributed by atoms with van der Waals surface area (Å²) in [4.78, 5) is 46.7. The van der Waals surface area contributed by atoms with Crippen molar-refractivity contribution < 1.29 is 18.8 Å². The number of aromatic amines is 1. The summed E-state index contributed by atoms with van der Waals surface area (Å²) in [6.07, 6.45) is 4.31. The molecule has 0 radical (unpaired) electrons. The molecular formula is C23H24N4O4. The molecule has 2 aliphatic rings. The Labute approximate surface area is 179 Å². The summed E-state index contributed by atoms with van der Waals surface area (Å²) in [5, 5.41) is 1.07. The average Bonchev–Trinajstić information content (AvgIpc) is 3.55. The molecule has 2 aliphatic heterocycles. The number of carbonyl (C=O) groups is 3. The van der Waals surface area contributed by atoms with Crippen LogP contribution in [0.1, 0.15) is 29.0 Å². The van der Waals surface area contributed by atoms with Gasteiger partial charge in [-0.2, -0.15) is 0 Å². The molecule has 1 N–H and O–H groups in total. The fourth-order valence-electron chi connectivity index (χ4n) is 4.53. The van der Waals surface area contributed by atoms with Crippen LogP contribution in [0.25, 0.3) is 10.9 Å². The van der Waals surface area contributed by atoms with E-state index in [1.54, 1.807) is 26.8 Å². The van der Waals surface area contributed by atoms with Crippen LogP contribution in [-0.4, -0.2) is 69.6 Å². The SMILES string of the molecule is O=C(c1ccco1)N1CCN(C(=O)C2CCC(=O)N2Cc2c[nH]c3ccccc23)CC1. The van der Waals surface area contributed by atoms with Gasteiger partial charge in [0, 0.05) is 56.2 Å². The number of nitrogens with one attached hydrogen (secondary N) is 1. The lowest BCUT2D eigenvalue weighted by atomic mass is 10.1. The van der Waals surface area contributed by atoms with Crippen LogP contribution < -0.4 is 0 Å². The zero-order valence-electron chi connectivity index (χ0n) is 17.1. The minimum atomic E-state index is -0.450. The van der Waals surface area contributed by atoms with Gasteiger partial charge in [0.2, 0.25) is 11.8 Å². The van der Waals surface area contributed by atoms with Gasteiger partial charge in [-0.1, -0.05) is 18.2 Å². The van der Waals surface area contributed by atoms with Crippen LogP contribution in [0.2, 0.25) is 0 Å². The smallest absolute Gasteiger partial charge is 0.289 e. The van der Waals surface area contributed by atoms with E-state index in [4.69, 9.17) is 4.42 Å². The van der Waals surface area contributed by atoms with Gasteiger partial charge in [-0.05, 0) is 30.2 Å². The number of amides is 3. The molecule has 0 saturated carbocycles. The number of aromatic nitrogens is 1. The van der Waals surface area contributed by atoms with E-state index in [1.807, 2.05) is 30.5 Å². The quantitative estimate of drug-likeness (QED) is 0.701. The average molecular weight is 420 g/mol. The number of benzene rings is 1. The molecule has 1 atom stereocenters. The van der Waals surface area contributed by atoms with Crippen molar-refractivity contribution in [1.29, 1.82) is 0 Å². The maximum Gasteiger partial charge on any atom is 0.289 e. The van der Waals surface area contributed by atoms with E-state index in [-0.39, 0.29) is 17.7 Å². The lowest BCUT2D eigenvalue weighted by Crippen LogP contribution is -2.54. The van der Waals surface area contributed by atoms with E-state index >= 15 is 0 Å². The van der Waals surface area contributed by atoms with Gasteiger partial charge in [0.05, 0.1) is 6.26 Å². The van der Waals surface area contributed by atoms with Gasteiger partial charge >= 0.3 is 0 Å². The summed E-state index contributed by atoms with van der Waals surface area (Å²) in [7, 11) is 0. The molecule has 0 spiro atoms. The molecule has 2 saturated heterocycles. The predicted molar refractivity (Wildman–Crippen MR) is 113 cm³/mol. The van der Waals surface area contributed by atoms with E-state index < -0.39 is 6.04 Å². The van der Waals surface area contributed by atoms with Crippen molar-refractivity contribution in [3.05, 3.63) is 60.2 Å². The number of likely N-dealkylation sites (tertiary alicyclic amines) is 1. The molecule has 1 aromatic carbocycles. The summed E-state index contributed by atoms with van der Waals surface area (Å²) in [6.45, 7) is 2.23. The third-order valence-corrected chi connectivity index (χ3v) is 6.24. The lowest BCUT2D eigenvalue weighted by Gasteiger charge is -2.37. The van der Waals surface area contributed by atoms with Crippen LogP contribution in [-0.2, 0) is 16.1 Å². The Morgan fingerprint density at radius 2 is 1.81 bits per heavy atom. The molecule has 8 nitrogen and oxygen atoms in total. The number of hydrogen-bond donors (Lipinski definition) is 1. The molecule has 0 aliphatic carbocycles. The molecule has 0 bridgehead atoms. The van der Waals surface area contributed by atoms with E-state index in [2.05, 4.69) is 4.98 Å². The number of hydrogen-bond acceptors (Lipinski definition) is 4. The van der Waals surface area contributed by atoms with E-state index in [0.717, 1.165) is 16.5 Å². The third kappa shape index (κ3) is 3.58. The van der Waals surface area contributed by atoms with Gasteiger partial charge in [0.25, 0.3) is 5.91 Å². The van der Waals surface area contributed by atoms with E-state index in [0.29, 0.717) is 51.3 Å². The molecular weight excluding hydrogens is 396 g/mol. The molecule has 2 aromatic heterocycles. The molecule has 31 heavy (non-hydrogen) atoms. The number of carbonyl (C=O) groups excluding carboxylic acids is 3. The van der Waals surface area contributed by atoms with Crippen molar-refractivity contribution in [1.82, 2.24) is 19.7 Å². The zero-order chi connectivity index (χ0) is 21.4. The first-order chi connectivity index (χ1) is 15.1. The minimum Gasteiger partial charge on any atom is -0.459 e. The van der Waals surface area contributed by atoms with Gasteiger partial charge in [-0.25, -0.2) is 0 Å². The highest BCUT2D eigenvalue weighted by molar-refractivity contribution is 5.93. The summed E-state index contributed by atoms with van der Waals surface area (Å²) in [5.41, 5.74) is 2.03. The standard InChI is InChI=1S/C23H24N4O4/c28-21-8-7-19(27(21)15-16-14-24-18-5-2-1-4-17(16)18)22(29)25-9-11-26(12-10-25)23(30)20-6-3-13-31-20/h1-6,13-14,19,24H,7-12,15H2. The van der Waals surface area contributed by atoms with Crippen LogP contribution in [0.5, 0.6) is 0 Å². The summed E-state index contributed by atoms with van der Waals surface area (Å²) in [6, 6.07) is 10.8. The van der Waals surface area contributed by atoms with Gasteiger partial charge < -0.3 is 24.1 Å². The molecule has 3 amide bonds. The van der Waals surface area contributed by atoms with Gasteiger partial charge in [0.15, 0.2) is 5.76 Å². The Balaban J connectivity index is 1.25. The zero-order valence-corrected chi connectivity index (χ0v) is 17.1. The molecule has 3 aromatic rings. The second kappa shape index (κ2) is 7.94. The van der Waals surface area contributed by atoms with E-state index in [9.17, 15) is 14.4 Å². The highest BCUT2D eigenvalue weighted by atomic mass is 16.3. The van der Waals surface area contributed by atoms with Crippen molar-refractivity contribution in [3.8, 4) is 0 Å². The first-order valence-electron chi connectivity index (χ1n) is 10.6. The number of H-pyrrole nitrogens is 1. The van der Waals surface area contributed by atoms with Crippen LogP contribution in [0.4, 0.5) is 0 Å². The number of furan rings is 1. The number of piperazine rings is 1. The summed E-state index contributed by atoms with van der Waals surface area (Å²) < 4.78 is 5.19. The number of nitrogens with zero attached hydrogens (tertiary/aromatic N) is 3. The molecule has 160 valence electrons. The largest absolute Gasteiger partial charge is 0.459 e. The van der Waals surface area contributed by atoms with Crippen molar-refractivity contribution in [3.63, 3.8) is 0 Å². The second-order valence-electron chi connectivity index (χ2n) is 8.03. The second-order valence-corrected chi connectivity index (χ2v) is 8.03. The topological polar surface area (TPSA) is 89.9 Å². The maximum absolute atomic E-state index is 13.3. The van der Waals surface area contributed by atoms with E-state index in [1.165, 1.54) is 6.26 Å². The molecule has 2 fully saturated rings. The Morgan fingerprint density at radius 3 is 2.58 bits per heavy atom. The maximum atomic E-state index is 13.3. The normalized spacial score (nSPS) is 19.4. The van der Waals surface area contributed by atoms with Crippen molar-refractivity contribution in [2.24, 2.45) is 0 Å². The third-order valence-electron chi connectivity index (χ3n) is 6.24. The fourth-order valence-corrected chi connectivity index (χ4v) is 4.53. The first-order valence-corrected chi connectivity index (χ1v) is 10.6. The van der Waals surface area contributed by atoms with Crippen LogP contribution >= 0.6 is 0 Å². The van der Waals surface area contributed by atoms with Crippen molar-refractivity contribution >= 4 is 28.6 Å². The Hall–Kier alpha value is -3.55. The first kappa shape index (κ1) is 19.4. The highest BCUT2D eigenvalue weighted by Crippen LogP contribution is 2.27. The van der Waals surface area contributed by atoms with Gasteiger partial charge in [0.1, 0.15) is 6.04 Å². The Bertz CT molecular complexity index is 1110. The van der Waals surface area contributed by atoms with Crippen LogP contribution in [0.3, 0.4) is 0 Å². The lowest BCUT2D eigenvalue weighted by molar-refractivity contribution is -0.142. The number of para-hydroxylation sites is 1. The minimum absolute atomic E-state index is 0.00950. The Kier molecular flexibility index (Phi) is 4.97. The monoisotopic (exact) mass is 420 g/mol. The Morgan fingerprint density at radius 1 is 1.03 bits per heavy atom. The number of rotatable bonds is 4. The molecule has 8 heteroatoms. The van der Waals surface area contributed by atoms with Gasteiger partial charge in [-0.15, -0.1) is 0 Å². The number of fused-ring (bicyclic) bond motifs is 1. The molecule has 5 rings (SSSR count). The van der Waals surface area contributed by atoms with Crippen LogP contribution in [0.15, 0.2) is 53.3 Å². The highest BCUT2D eigenvalue weighted by Gasteiger charge is 2.39. The van der Waals surface area contributed by atoms with Crippen molar-refractivity contribution in [2.45, 2.75) is 25.4 Å². The molecule has 1 unspecified atom stereocenters. The summed E-state index contributed by atoms with van der Waals surface area (Å²) in [5.74, 6) is 0.131. The van der Waals surface area contributed by atoms with Crippen LogP contribution in [0, 0.1) is 0 Å². The predicted octanol–water partition coefficient (Wildman–Crippen LogP) is 2.24. The van der Waals surface area contributed by atoms with Gasteiger partial charge in [-0.3, -0.25) is 14.4 Å². The molecule has 4 heterocycles.